The van der Waals surface area contributed by atoms with Gasteiger partial charge in [0, 0.05) is 31.2 Å². The first-order chi connectivity index (χ1) is 7.20. The highest BCUT2D eigenvalue weighted by atomic mass is 19.1. The van der Waals surface area contributed by atoms with Crippen LogP contribution in [0.2, 0.25) is 0 Å². The van der Waals surface area contributed by atoms with Crippen molar-refractivity contribution < 1.29 is 8.91 Å². The van der Waals surface area contributed by atoms with E-state index in [2.05, 4.69) is 10.1 Å². The number of nitrogens with two attached hydrogens (primary N) is 1. The van der Waals surface area contributed by atoms with Crippen LogP contribution in [0.5, 0.6) is 0 Å². The van der Waals surface area contributed by atoms with Crippen LogP contribution in [0.4, 0.5) is 4.39 Å². The molecule has 1 aliphatic heterocycles. The summed E-state index contributed by atoms with van der Waals surface area (Å²) in [6, 6.07) is 0.147. The van der Waals surface area contributed by atoms with Crippen molar-refractivity contribution >= 4 is 0 Å². The molecule has 15 heavy (non-hydrogen) atoms. The minimum atomic E-state index is -0.751. The molecule has 2 atom stereocenters. The Morgan fingerprint density at radius 2 is 2.53 bits per heavy atom. The maximum atomic E-state index is 13.2. The first kappa shape index (κ1) is 10.6. The molecule has 2 heterocycles. The van der Waals surface area contributed by atoms with E-state index in [-0.39, 0.29) is 6.04 Å². The van der Waals surface area contributed by atoms with Gasteiger partial charge in [0.05, 0.1) is 6.20 Å². The number of aromatic nitrogens is 1. The quantitative estimate of drug-likeness (QED) is 0.809. The van der Waals surface area contributed by atoms with Gasteiger partial charge in [0.15, 0.2) is 0 Å². The van der Waals surface area contributed by atoms with E-state index in [9.17, 15) is 4.39 Å². The van der Waals surface area contributed by atoms with Crippen LogP contribution in [-0.4, -0.2) is 35.4 Å². The Labute approximate surface area is 88.2 Å². The van der Waals surface area contributed by atoms with E-state index in [1.807, 2.05) is 6.92 Å². The Morgan fingerprint density at radius 1 is 1.73 bits per heavy atom. The van der Waals surface area contributed by atoms with Gasteiger partial charge in [-0.1, -0.05) is 5.16 Å². The Hall–Kier alpha value is -0.940. The van der Waals surface area contributed by atoms with Crippen LogP contribution in [0.3, 0.4) is 0 Å². The lowest BCUT2D eigenvalue weighted by molar-refractivity contribution is 0.237. The fraction of sp³-hybridized carbons (Fsp3) is 0.700. The fourth-order valence-electron chi connectivity index (χ4n) is 2.05. The van der Waals surface area contributed by atoms with Crippen LogP contribution in [-0.2, 0) is 6.54 Å². The molecule has 2 rings (SSSR count). The van der Waals surface area contributed by atoms with Gasteiger partial charge in [0.2, 0.25) is 0 Å². The van der Waals surface area contributed by atoms with Crippen LogP contribution in [0.25, 0.3) is 0 Å². The van der Waals surface area contributed by atoms with Crippen molar-refractivity contribution in [3.63, 3.8) is 0 Å². The molecule has 1 aromatic heterocycles. The summed E-state index contributed by atoms with van der Waals surface area (Å²) in [5.41, 5.74) is 6.62. The van der Waals surface area contributed by atoms with E-state index in [0.717, 1.165) is 11.3 Å². The topological polar surface area (TPSA) is 55.3 Å². The molecular formula is C10H16FN3O. The summed E-state index contributed by atoms with van der Waals surface area (Å²) in [6.45, 7) is 3.51. The minimum Gasteiger partial charge on any atom is -0.361 e. The second kappa shape index (κ2) is 4.28. The van der Waals surface area contributed by atoms with E-state index < -0.39 is 6.17 Å². The first-order valence-corrected chi connectivity index (χ1v) is 5.19. The van der Waals surface area contributed by atoms with Gasteiger partial charge in [-0.25, -0.2) is 4.39 Å². The normalized spacial score (nSPS) is 27.4. The standard InChI is InChI=1S/C10H16FN3O/c1-7-8(4-13-15-7)5-14-6-9(11)2-10(14)3-12/h4,9-10H,2-3,5-6,12H2,1H3. The SMILES string of the molecule is Cc1oncc1CN1CC(F)CC1CN. The van der Waals surface area contributed by atoms with Gasteiger partial charge in [-0.05, 0) is 13.3 Å². The monoisotopic (exact) mass is 213 g/mol. The molecule has 0 saturated carbocycles. The number of alkyl halides is 1. The predicted octanol–water partition coefficient (Wildman–Crippen LogP) is 0.854. The lowest BCUT2D eigenvalue weighted by atomic mass is 10.2. The maximum absolute atomic E-state index is 13.2. The molecule has 4 nitrogen and oxygen atoms in total. The van der Waals surface area contributed by atoms with Crippen LogP contribution < -0.4 is 5.73 Å². The van der Waals surface area contributed by atoms with Crippen molar-refractivity contribution in [3.05, 3.63) is 17.5 Å². The van der Waals surface area contributed by atoms with Gasteiger partial charge in [0.1, 0.15) is 11.9 Å². The first-order valence-electron chi connectivity index (χ1n) is 5.19. The highest BCUT2D eigenvalue weighted by molar-refractivity contribution is 5.12. The fourth-order valence-corrected chi connectivity index (χ4v) is 2.05. The van der Waals surface area contributed by atoms with Gasteiger partial charge >= 0.3 is 0 Å². The Morgan fingerprint density at radius 3 is 3.13 bits per heavy atom. The van der Waals surface area contributed by atoms with E-state index in [1.54, 1.807) is 6.20 Å². The molecule has 0 bridgehead atoms. The Balaban J connectivity index is 2.02. The zero-order valence-electron chi connectivity index (χ0n) is 8.82. The average Bonchev–Trinajstić information content (AvgIpc) is 2.75. The number of halogens is 1. The van der Waals surface area contributed by atoms with Crippen molar-refractivity contribution in [2.75, 3.05) is 13.1 Å². The lowest BCUT2D eigenvalue weighted by Gasteiger charge is -2.21. The molecule has 2 unspecified atom stereocenters. The zero-order valence-corrected chi connectivity index (χ0v) is 8.82. The smallest absolute Gasteiger partial charge is 0.138 e. The number of rotatable bonds is 3. The third-order valence-corrected chi connectivity index (χ3v) is 2.97. The van der Waals surface area contributed by atoms with Crippen LogP contribution >= 0.6 is 0 Å². The summed E-state index contributed by atoms with van der Waals surface area (Å²) < 4.78 is 18.2. The highest BCUT2D eigenvalue weighted by Gasteiger charge is 2.31. The minimum absolute atomic E-state index is 0.147. The van der Waals surface area contributed by atoms with Crippen molar-refractivity contribution in [2.24, 2.45) is 5.73 Å². The maximum Gasteiger partial charge on any atom is 0.138 e. The van der Waals surface area contributed by atoms with E-state index in [1.165, 1.54) is 0 Å². The number of hydrogen-bond donors (Lipinski definition) is 1. The third kappa shape index (κ3) is 2.18. The second-order valence-corrected chi connectivity index (χ2v) is 4.06. The molecule has 1 aromatic rings. The van der Waals surface area contributed by atoms with Gasteiger partial charge in [-0.15, -0.1) is 0 Å². The third-order valence-electron chi connectivity index (χ3n) is 2.97. The number of nitrogens with zero attached hydrogens (tertiary/aromatic N) is 2. The number of aryl methyl sites for hydroxylation is 1. The van der Waals surface area contributed by atoms with Crippen molar-refractivity contribution in [1.82, 2.24) is 10.1 Å². The van der Waals surface area contributed by atoms with Gasteiger partial charge in [0.25, 0.3) is 0 Å². The molecule has 1 fully saturated rings. The van der Waals surface area contributed by atoms with Gasteiger partial charge < -0.3 is 10.3 Å². The second-order valence-electron chi connectivity index (χ2n) is 4.06. The van der Waals surface area contributed by atoms with E-state index in [4.69, 9.17) is 10.3 Å². The van der Waals surface area contributed by atoms with Crippen molar-refractivity contribution in [2.45, 2.75) is 32.1 Å². The Kier molecular flexibility index (Phi) is 3.02. The summed E-state index contributed by atoms with van der Waals surface area (Å²) in [4.78, 5) is 2.06. The number of hydrogen-bond acceptors (Lipinski definition) is 4. The van der Waals surface area contributed by atoms with E-state index >= 15 is 0 Å². The molecule has 2 N–H and O–H groups in total. The molecule has 5 heteroatoms. The predicted molar refractivity (Wildman–Crippen MR) is 54.0 cm³/mol. The van der Waals surface area contributed by atoms with Crippen LogP contribution in [0.15, 0.2) is 10.7 Å². The van der Waals surface area contributed by atoms with Gasteiger partial charge in [-0.2, -0.15) is 0 Å². The zero-order chi connectivity index (χ0) is 10.8. The molecule has 0 spiro atoms. The largest absolute Gasteiger partial charge is 0.361 e. The van der Waals surface area contributed by atoms with Gasteiger partial charge in [-0.3, -0.25) is 4.90 Å². The lowest BCUT2D eigenvalue weighted by Crippen LogP contribution is -2.34. The summed E-state index contributed by atoms with van der Waals surface area (Å²) >= 11 is 0. The van der Waals surface area contributed by atoms with E-state index in [0.29, 0.717) is 26.1 Å². The Bertz CT molecular complexity index is 328. The molecule has 1 saturated heterocycles. The summed E-state index contributed by atoms with van der Waals surface area (Å²) in [6.07, 6.45) is 1.48. The molecule has 1 aliphatic rings. The van der Waals surface area contributed by atoms with Crippen molar-refractivity contribution in [1.29, 1.82) is 0 Å². The van der Waals surface area contributed by atoms with Crippen LogP contribution in [0.1, 0.15) is 17.7 Å². The number of likely N-dealkylation sites (tertiary alicyclic amines) is 1. The molecule has 84 valence electrons. The molecular weight excluding hydrogens is 197 g/mol. The highest BCUT2D eigenvalue weighted by Crippen LogP contribution is 2.22. The summed E-state index contributed by atoms with van der Waals surface area (Å²) in [5.74, 6) is 0.799. The van der Waals surface area contributed by atoms with Crippen LogP contribution in [0, 0.1) is 6.92 Å². The summed E-state index contributed by atoms with van der Waals surface area (Å²) in [5, 5.41) is 3.71. The molecule has 0 amide bonds. The molecule has 0 aliphatic carbocycles. The summed E-state index contributed by atoms with van der Waals surface area (Å²) in [7, 11) is 0. The molecule has 0 radical (unpaired) electrons. The van der Waals surface area contributed by atoms with Crippen molar-refractivity contribution in [3.8, 4) is 0 Å². The molecule has 0 aromatic carbocycles. The average molecular weight is 213 g/mol.